The molecule has 142 valence electrons. The molecule has 0 saturated carbocycles. The average Bonchev–Trinajstić information content (AvgIpc) is 3.07. The van der Waals surface area contributed by atoms with Crippen molar-refractivity contribution in [2.24, 2.45) is 0 Å². The summed E-state index contributed by atoms with van der Waals surface area (Å²) in [5.74, 6) is 0.170. The van der Waals surface area contributed by atoms with E-state index in [1.54, 1.807) is 13.8 Å². The van der Waals surface area contributed by atoms with E-state index in [1.165, 1.54) is 17.2 Å². The molecule has 2 fully saturated rings. The van der Waals surface area contributed by atoms with E-state index in [4.69, 9.17) is 47.4 Å². The number of alkyl halides is 2. The highest BCUT2D eigenvalue weighted by Crippen LogP contribution is 2.61. The predicted octanol–water partition coefficient (Wildman–Crippen LogP) is 2.28. The standard InChI is InChI=1S/C13H16ClFN5O4PS/c1-6(2)23-25(26)21-3-7-9(24-25)13(14,15)12(22-7)20-5-19-8-10(16)17-4-18-11(8)20/h4-7,9,12H,3H2,1-2H3,(H2,16,17,18)/t7-,9-,12-,13-,25-/m1/s1. The van der Waals surface area contributed by atoms with Crippen molar-refractivity contribution in [2.45, 2.75) is 43.5 Å². The number of hydrogen-bond acceptors (Lipinski definition) is 9. The van der Waals surface area contributed by atoms with Crippen molar-refractivity contribution in [1.82, 2.24) is 19.5 Å². The van der Waals surface area contributed by atoms with Crippen molar-refractivity contribution >= 4 is 47.1 Å². The molecule has 0 bridgehead atoms. The highest BCUT2D eigenvalue weighted by molar-refractivity contribution is 8.07. The molecule has 2 aromatic heterocycles. The fraction of sp³-hybridized carbons (Fsp3) is 0.615. The van der Waals surface area contributed by atoms with Gasteiger partial charge in [-0.3, -0.25) is 9.09 Å². The van der Waals surface area contributed by atoms with Gasteiger partial charge >= 0.3 is 6.72 Å². The van der Waals surface area contributed by atoms with Gasteiger partial charge in [-0.2, -0.15) is 0 Å². The number of nitrogens with zero attached hydrogens (tertiary/aromatic N) is 4. The van der Waals surface area contributed by atoms with E-state index in [0.29, 0.717) is 11.2 Å². The Hall–Kier alpha value is -0.940. The summed E-state index contributed by atoms with van der Waals surface area (Å²) in [6.07, 6.45) is -0.826. The van der Waals surface area contributed by atoms with Crippen LogP contribution in [-0.4, -0.2) is 49.6 Å². The predicted molar refractivity (Wildman–Crippen MR) is 94.7 cm³/mol. The summed E-state index contributed by atoms with van der Waals surface area (Å²) in [7, 11) is 0. The fourth-order valence-electron chi connectivity index (χ4n) is 2.92. The first-order valence-electron chi connectivity index (χ1n) is 7.79. The maximum absolute atomic E-state index is 15.5. The largest absolute Gasteiger partial charge is 0.382 e. The lowest BCUT2D eigenvalue weighted by molar-refractivity contribution is -0.0635. The molecule has 4 rings (SSSR count). The smallest absolute Gasteiger partial charge is 0.328 e. The lowest BCUT2D eigenvalue weighted by atomic mass is 10.1. The zero-order chi connectivity index (χ0) is 18.7. The molecule has 0 radical (unpaired) electrons. The van der Waals surface area contributed by atoms with Gasteiger partial charge in [0.05, 0.1) is 19.0 Å². The van der Waals surface area contributed by atoms with E-state index in [0.717, 1.165) is 0 Å². The summed E-state index contributed by atoms with van der Waals surface area (Å²) < 4.78 is 39.3. The van der Waals surface area contributed by atoms with Crippen LogP contribution in [0.5, 0.6) is 0 Å². The monoisotopic (exact) mass is 423 g/mol. The molecule has 2 saturated heterocycles. The van der Waals surface area contributed by atoms with Crippen LogP contribution in [0.4, 0.5) is 10.2 Å². The van der Waals surface area contributed by atoms with E-state index in [1.807, 2.05) is 0 Å². The SMILES string of the molecule is CC(C)O[P@]1(=S)OC[C@H]2O[C@@H](n3cnc4c(N)ncnc43)[C@@](F)(Cl)[C@@H]2O1. The van der Waals surface area contributed by atoms with Crippen LogP contribution in [-0.2, 0) is 30.1 Å². The van der Waals surface area contributed by atoms with Gasteiger partial charge in [-0.25, -0.2) is 19.3 Å². The molecule has 2 aliphatic heterocycles. The van der Waals surface area contributed by atoms with E-state index < -0.39 is 30.3 Å². The number of anilines is 1. The minimum atomic E-state index is -3.12. The van der Waals surface area contributed by atoms with Crippen LogP contribution in [0.25, 0.3) is 11.2 Å². The summed E-state index contributed by atoms with van der Waals surface area (Å²) in [5, 5.41) is -2.44. The van der Waals surface area contributed by atoms with Gasteiger partial charge in [0.2, 0.25) is 0 Å². The van der Waals surface area contributed by atoms with Crippen molar-refractivity contribution < 1.29 is 22.7 Å². The van der Waals surface area contributed by atoms with Crippen molar-refractivity contribution in [3.05, 3.63) is 12.7 Å². The van der Waals surface area contributed by atoms with Gasteiger partial charge < -0.3 is 19.5 Å². The molecular formula is C13H16ClFN5O4PS. The van der Waals surface area contributed by atoms with Gasteiger partial charge in [-0.1, -0.05) is 11.6 Å². The number of halogens is 2. The third-order valence-electron chi connectivity index (χ3n) is 3.97. The van der Waals surface area contributed by atoms with Crippen LogP contribution in [0.1, 0.15) is 20.1 Å². The van der Waals surface area contributed by atoms with Crippen LogP contribution in [0.15, 0.2) is 12.7 Å². The summed E-state index contributed by atoms with van der Waals surface area (Å²) in [4.78, 5) is 12.1. The van der Waals surface area contributed by atoms with E-state index >= 15 is 4.39 Å². The molecule has 5 atom stereocenters. The lowest BCUT2D eigenvalue weighted by Gasteiger charge is -2.35. The Morgan fingerprint density at radius 1 is 1.50 bits per heavy atom. The zero-order valence-corrected chi connectivity index (χ0v) is 16.2. The molecular weight excluding hydrogens is 408 g/mol. The molecule has 0 aliphatic carbocycles. The Labute approximate surface area is 158 Å². The average molecular weight is 424 g/mol. The topological polar surface area (TPSA) is 107 Å². The van der Waals surface area contributed by atoms with Crippen LogP contribution in [0.3, 0.4) is 0 Å². The van der Waals surface area contributed by atoms with Gasteiger partial charge in [-0.15, -0.1) is 0 Å². The summed E-state index contributed by atoms with van der Waals surface area (Å²) >= 11 is 11.5. The van der Waals surface area contributed by atoms with Crippen LogP contribution in [0.2, 0.25) is 0 Å². The van der Waals surface area contributed by atoms with Crippen LogP contribution < -0.4 is 5.73 Å². The summed E-state index contributed by atoms with van der Waals surface area (Å²) in [6.45, 7) is 0.454. The molecule has 26 heavy (non-hydrogen) atoms. The molecule has 9 nitrogen and oxygen atoms in total. The molecule has 4 heterocycles. The number of ether oxygens (including phenoxy) is 1. The highest BCUT2D eigenvalue weighted by Gasteiger charge is 2.62. The quantitative estimate of drug-likeness (QED) is 0.587. The Bertz CT molecular complexity index is 899. The third kappa shape index (κ3) is 2.91. The van der Waals surface area contributed by atoms with Crippen LogP contribution in [0, 0.1) is 0 Å². The van der Waals surface area contributed by atoms with Gasteiger partial charge in [-0.05, 0) is 25.7 Å². The number of nitrogen functional groups attached to an aromatic ring is 1. The molecule has 0 aromatic carbocycles. The maximum atomic E-state index is 15.5. The molecule has 2 N–H and O–H groups in total. The number of nitrogens with two attached hydrogens (primary N) is 1. The third-order valence-corrected chi connectivity index (χ3v) is 6.83. The summed E-state index contributed by atoms with van der Waals surface area (Å²) in [6, 6.07) is 0. The van der Waals surface area contributed by atoms with Crippen LogP contribution >= 0.6 is 18.3 Å². The van der Waals surface area contributed by atoms with E-state index in [-0.39, 0.29) is 18.5 Å². The zero-order valence-electron chi connectivity index (χ0n) is 13.8. The van der Waals surface area contributed by atoms with Crippen molar-refractivity contribution in [3.63, 3.8) is 0 Å². The molecule has 0 amide bonds. The lowest BCUT2D eigenvalue weighted by Crippen LogP contribution is -2.43. The Morgan fingerprint density at radius 2 is 2.27 bits per heavy atom. The second-order valence-electron chi connectivity index (χ2n) is 6.21. The second-order valence-corrected chi connectivity index (χ2v) is 9.70. The molecule has 0 unspecified atom stereocenters. The number of hydrogen-bond donors (Lipinski definition) is 1. The molecule has 13 heteroatoms. The Morgan fingerprint density at radius 3 is 3.00 bits per heavy atom. The summed E-state index contributed by atoms with van der Waals surface area (Å²) in [5.41, 5.74) is 6.39. The van der Waals surface area contributed by atoms with Gasteiger partial charge in [0.25, 0.3) is 5.13 Å². The van der Waals surface area contributed by atoms with Gasteiger partial charge in [0, 0.05) is 0 Å². The van der Waals surface area contributed by atoms with Crippen molar-refractivity contribution in [1.29, 1.82) is 0 Å². The van der Waals surface area contributed by atoms with Crippen molar-refractivity contribution in [2.75, 3.05) is 12.3 Å². The van der Waals surface area contributed by atoms with E-state index in [2.05, 4.69) is 15.0 Å². The minimum absolute atomic E-state index is 0.00725. The van der Waals surface area contributed by atoms with Crippen molar-refractivity contribution in [3.8, 4) is 0 Å². The normalized spacial score (nSPS) is 37.3. The van der Waals surface area contributed by atoms with E-state index in [9.17, 15) is 0 Å². The van der Waals surface area contributed by atoms with Gasteiger partial charge in [0.1, 0.15) is 24.1 Å². The first-order valence-corrected chi connectivity index (χ1v) is 10.7. The first kappa shape index (κ1) is 18.4. The number of rotatable bonds is 3. The molecule has 2 aliphatic rings. The minimum Gasteiger partial charge on any atom is -0.382 e. The number of imidazole rings is 1. The number of aromatic nitrogens is 4. The van der Waals surface area contributed by atoms with Gasteiger partial charge in [0.15, 0.2) is 17.7 Å². The molecule has 2 aromatic rings. The maximum Gasteiger partial charge on any atom is 0.328 e. The first-order chi connectivity index (χ1) is 12.2. The number of fused-ring (bicyclic) bond motifs is 2. The highest BCUT2D eigenvalue weighted by atomic mass is 35.5. The Kier molecular flexibility index (Phi) is 4.47. The second kappa shape index (κ2) is 6.30. The Balaban J connectivity index is 1.68. The fourth-order valence-corrected chi connectivity index (χ4v) is 5.89. The molecule has 0 spiro atoms.